The molecule has 0 bridgehead atoms. The Hall–Kier alpha value is -2.13. The lowest BCUT2D eigenvalue weighted by Crippen LogP contribution is -2.54. The fraction of sp³-hybridized carbons (Fsp3) is 0.556. The van der Waals surface area contributed by atoms with Crippen LogP contribution in [0.2, 0.25) is 0 Å². The second-order valence-electron chi connectivity index (χ2n) is 7.13. The van der Waals surface area contributed by atoms with Gasteiger partial charge in [0.2, 0.25) is 15.9 Å². The van der Waals surface area contributed by atoms with E-state index in [1.54, 1.807) is 9.80 Å². The number of benzene rings is 1. The molecule has 2 aliphatic rings. The third-order valence-corrected chi connectivity index (χ3v) is 6.53. The Balaban J connectivity index is 1.53. The monoisotopic (exact) mass is 394 g/mol. The molecule has 27 heavy (non-hydrogen) atoms. The second kappa shape index (κ2) is 7.85. The first-order chi connectivity index (χ1) is 12.8. The molecule has 2 fully saturated rings. The molecule has 2 saturated heterocycles. The highest BCUT2D eigenvalue weighted by molar-refractivity contribution is 7.88. The highest BCUT2D eigenvalue weighted by Gasteiger charge is 2.35. The third-order valence-electron chi connectivity index (χ3n) is 5.23. The number of piperazine rings is 1. The molecule has 2 unspecified atom stereocenters. The van der Waals surface area contributed by atoms with Gasteiger partial charge in [0.15, 0.2) is 0 Å². The van der Waals surface area contributed by atoms with Crippen LogP contribution < -0.4 is 5.32 Å². The number of nitrogens with one attached hydrogen (secondary N) is 1. The summed E-state index contributed by atoms with van der Waals surface area (Å²) in [6.07, 6.45) is 1.46. The summed E-state index contributed by atoms with van der Waals surface area (Å²) >= 11 is 0. The highest BCUT2D eigenvalue weighted by Crippen LogP contribution is 2.25. The van der Waals surface area contributed by atoms with Crippen LogP contribution in [0.15, 0.2) is 30.3 Å². The number of nitrogens with zero attached hydrogens (tertiary/aromatic N) is 3. The van der Waals surface area contributed by atoms with E-state index in [4.69, 9.17) is 0 Å². The van der Waals surface area contributed by atoms with Crippen LogP contribution in [-0.2, 0) is 14.8 Å². The third kappa shape index (κ3) is 4.59. The van der Waals surface area contributed by atoms with Gasteiger partial charge in [0.25, 0.3) is 0 Å². The zero-order valence-corrected chi connectivity index (χ0v) is 16.5. The molecule has 0 spiro atoms. The van der Waals surface area contributed by atoms with Gasteiger partial charge in [-0.3, -0.25) is 4.79 Å². The molecule has 0 saturated carbocycles. The van der Waals surface area contributed by atoms with E-state index in [2.05, 4.69) is 5.32 Å². The van der Waals surface area contributed by atoms with E-state index in [0.29, 0.717) is 32.7 Å². The lowest BCUT2D eigenvalue weighted by atomic mass is 10.1. The Bertz CT molecular complexity index is 791. The number of amides is 3. The fourth-order valence-electron chi connectivity index (χ4n) is 3.60. The first-order valence-corrected chi connectivity index (χ1v) is 11.0. The quantitative estimate of drug-likeness (QED) is 0.811. The van der Waals surface area contributed by atoms with Gasteiger partial charge in [0.05, 0.1) is 18.3 Å². The molecule has 0 aliphatic carbocycles. The number of hydrogen-bond donors (Lipinski definition) is 1. The zero-order chi connectivity index (χ0) is 19.6. The molecule has 0 radical (unpaired) electrons. The molecule has 1 aromatic rings. The Morgan fingerprint density at radius 3 is 2.37 bits per heavy atom. The average Bonchev–Trinajstić information content (AvgIpc) is 3.01. The first kappa shape index (κ1) is 19.6. The molecule has 3 amide bonds. The maximum absolute atomic E-state index is 12.5. The molecule has 9 heteroatoms. The predicted octanol–water partition coefficient (Wildman–Crippen LogP) is 0.635. The zero-order valence-electron chi connectivity index (χ0n) is 15.7. The second-order valence-corrected chi connectivity index (χ2v) is 9.11. The van der Waals surface area contributed by atoms with E-state index in [1.807, 2.05) is 37.3 Å². The Kier molecular flexibility index (Phi) is 5.71. The Morgan fingerprint density at radius 2 is 1.78 bits per heavy atom. The van der Waals surface area contributed by atoms with Crippen molar-refractivity contribution in [2.24, 2.45) is 0 Å². The molecular weight excluding hydrogens is 368 g/mol. The first-order valence-electron chi connectivity index (χ1n) is 9.10. The van der Waals surface area contributed by atoms with Crippen LogP contribution in [-0.4, -0.2) is 79.5 Å². The van der Waals surface area contributed by atoms with Crippen LogP contribution in [0.5, 0.6) is 0 Å². The maximum atomic E-state index is 12.5. The molecule has 1 N–H and O–H groups in total. The number of sulfonamides is 1. The van der Waals surface area contributed by atoms with Crippen molar-refractivity contribution in [1.29, 1.82) is 0 Å². The van der Waals surface area contributed by atoms with Crippen LogP contribution in [0, 0.1) is 0 Å². The van der Waals surface area contributed by atoms with Crippen LogP contribution in [0.4, 0.5) is 4.79 Å². The number of rotatable bonds is 4. The van der Waals surface area contributed by atoms with Gasteiger partial charge in [-0.25, -0.2) is 13.2 Å². The molecule has 0 aromatic heterocycles. The van der Waals surface area contributed by atoms with Gasteiger partial charge >= 0.3 is 6.03 Å². The van der Waals surface area contributed by atoms with Crippen molar-refractivity contribution >= 4 is 22.0 Å². The topological polar surface area (TPSA) is 90.0 Å². The summed E-state index contributed by atoms with van der Waals surface area (Å²) in [6.45, 7) is 3.76. The van der Waals surface area contributed by atoms with Crippen LogP contribution in [0.1, 0.15) is 24.9 Å². The fourth-order valence-corrected chi connectivity index (χ4v) is 4.43. The number of carbonyl (C=O) groups is 2. The smallest absolute Gasteiger partial charge is 0.317 e. The van der Waals surface area contributed by atoms with Gasteiger partial charge in [-0.2, -0.15) is 4.31 Å². The van der Waals surface area contributed by atoms with Crippen molar-refractivity contribution in [2.75, 3.05) is 39.0 Å². The molecule has 2 atom stereocenters. The summed E-state index contributed by atoms with van der Waals surface area (Å²) in [6, 6.07) is 9.30. The van der Waals surface area contributed by atoms with Crippen LogP contribution >= 0.6 is 0 Å². The minimum atomic E-state index is -3.22. The van der Waals surface area contributed by atoms with E-state index >= 15 is 0 Å². The van der Waals surface area contributed by atoms with E-state index < -0.39 is 10.0 Å². The number of hydrogen-bond acceptors (Lipinski definition) is 4. The van der Waals surface area contributed by atoms with E-state index in [0.717, 1.165) is 5.56 Å². The van der Waals surface area contributed by atoms with Crippen molar-refractivity contribution in [2.45, 2.75) is 25.4 Å². The van der Waals surface area contributed by atoms with Gasteiger partial charge in [0, 0.05) is 39.1 Å². The normalized spacial score (nSPS) is 22.7. The average molecular weight is 394 g/mol. The van der Waals surface area contributed by atoms with Gasteiger partial charge < -0.3 is 15.1 Å². The van der Waals surface area contributed by atoms with Gasteiger partial charge in [0.1, 0.15) is 0 Å². The highest BCUT2D eigenvalue weighted by atomic mass is 32.2. The lowest BCUT2D eigenvalue weighted by Gasteiger charge is -2.34. The van der Waals surface area contributed by atoms with Crippen molar-refractivity contribution in [3.8, 4) is 0 Å². The van der Waals surface area contributed by atoms with E-state index in [9.17, 15) is 18.0 Å². The van der Waals surface area contributed by atoms with Crippen molar-refractivity contribution in [3.05, 3.63) is 35.9 Å². The van der Waals surface area contributed by atoms with Crippen molar-refractivity contribution < 1.29 is 18.0 Å². The summed E-state index contributed by atoms with van der Waals surface area (Å²) in [4.78, 5) is 28.3. The van der Waals surface area contributed by atoms with E-state index in [-0.39, 0.29) is 30.4 Å². The minimum Gasteiger partial charge on any atom is -0.334 e. The largest absolute Gasteiger partial charge is 0.334 e. The van der Waals surface area contributed by atoms with Crippen molar-refractivity contribution in [3.63, 3.8) is 0 Å². The summed E-state index contributed by atoms with van der Waals surface area (Å²) < 4.78 is 24.5. The molecule has 1 aromatic carbocycles. The Morgan fingerprint density at radius 1 is 1.15 bits per heavy atom. The lowest BCUT2D eigenvalue weighted by molar-refractivity contribution is -0.129. The number of likely N-dealkylation sites (tertiary alicyclic amines) is 1. The molecule has 8 nitrogen and oxygen atoms in total. The van der Waals surface area contributed by atoms with E-state index in [1.165, 1.54) is 10.6 Å². The minimum absolute atomic E-state index is 0.0264. The maximum Gasteiger partial charge on any atom is 0.317 e. The molecular formula is C18H26N4O4S. The SMILES string of the molecule is CC(c1ccccc1)N1CC(NC(=O)N2CCN(S(C)(=O)=O)CC2)CC1=O. The Labute approximate surface area is 160 Å². The summed E-state index contributed by atoms with van der Waals surface area (Å²) in [7, 11) is -3.22. The predicted molar refractivity (Wildman–Crippen MR) is 101 cm³/mol. The summed E-state index contributed by atoms with van der Waals surface area (Å²) in [5.74, 6) is 0.0264. The summed E-state index contributed by atoms with van der Waals surface area (Å²) in [5, 5.41) is 2.93. The molecule has 2 aliphatic heterocycles. The van der Waals surface area contributed by atoms with Gasteiger partial charge in [-0.05, 0) is 12.5 Å². The van der Waals surface area contributed by atoms with Crippen molar-refractivity contribution in [1.82, 2.24) is 19.4 Å². The van der Waals surface area contributed by atoms with Crippen LogP contribution in [0.25, 0.3) is 0 Å². The summed E-state index contributed by atoms with van der Waals surface area (Å²) in [5.41, 5.74) is 1.06. The molecule has 148 valence electrons. The van der Waals surface area contributed by atoms with Gasteiger partial charge in [-0.1, -0.05) is 30.3 Å². The van der Waals surface area contributed by atoms with Crippen LogP contribution in [0.3, 0.4) is 0 Å². The number of carbonyl (C=O) groups excluding carboxylic acids is 2. The van der Waals surface area contributed by atoms with Gasteiger partial charge in [-0.15, -0.1) is 0 Å². The number of urea groups is 1. The molecule has 3 rings (SSSR count). The standard InChI is InChI=1S/C18H26N4O4S/c1-14(15-6-4-3-5-7-15)22-13-16(12-17(22)23)19-18(24)20-8-10-21(11-9-20)27(2,25)26/h3-7,14,16H,8-13H2,1-2H3,(H,19,24). The molecule has 2 heterocycles.